The third kappa shape index (κ3) is 3.73. The van der Waals surface area contributed by atoms with Crippen LogP contribution >= 0.6 is 11.6 Å². The molecule has 1 aliphatic rings. The molecule has 2 rings (SSSR count). The number of aryl methyl sites for hydroxylation is 1. The molecule has 1 aromatic rings. The van der Waals surface area contributed by atoms with Crippen LogP contribution in [0.15, 0.2) is 29.2 Å². The molecule has 112 valence electrons. The minimum Gasteiger partial charge on any atom is -0.304 e. The van der Waals surface area contributed by atoms with Gasteiger partial charge in [0.05, 0.1) is 4.90 Å². The van der Waals surface area contributed by atoms with E-state index in [2.05, 4.69) is 4.90 Å². The summed E-state index contributed by atoms with van der Waals surface area (Å²) in [6, 6.07) is 7.18. The number of hydrogen-bond acceptors (Lipinski definition) is 3. The van der Waals surface area contributed by atoms with Gasteiger partial charge in [0, 0.05) is 32.1 Å². The fraction of sp³-hybridized carbons (Fsp3) is 0.571. The Kier molecular flexibility index (Phi) is 5.43. The first-order valence-electron chi connectivity index (χ1n) is 6.87. The summed E-state index contributed by atoms with van der Waals surface area (Å²) in [5.74, 6) is 0.626. The highest BCUT2D eigenvalue weighted by molar-refractivity contribution is 7.89. The average Bonchev–Trinajstić information content (AvgIpc) is 2.46. The van der Waals surface area contributed by atoms with Gasteiger partial charge < -0.3 is 4.90 Å². The van der Waals surface area contributed by atoms with Crippen molar-refractivity contribution in [1.82, 2.24) is 9.21 Å². The van der Waals surface area contributed by atoms with Crippen LogP contribution in [-0.4, -0.2) is 56.7 Å². The lowest BCUT2D eigenvalue weighted by atomic mass is 10.1. The molecule has 0 bridgehead atoms. The quantitative estimate of drug-likeness (QED) is 0.778. The van der Waals surface area contributed by atoms with Crippen molar-refractivity contribution >= 4 is 21.6 Å². The van der Waals surface area contributed by atoms with Crippen molar-refractivity contribution in [2.24, 2.45) is 0 Å². The molecule has 0 unspecified atom stereocenters. The maximum Gasteiger partial charge on any atom is 0.243 e. The second-order valence-corrected chi connectivity index (χ2v) is 7.46. The Morgan fingerprint density at radius 1 is 1.10 bits per heavy atom. The van der Waals surface area contributed by atoms with Crippen LogP contribution in [-0.2, 0) is 16.4 Å². The lowest BCUT2D eigenvalue weighted by Crippen LogP contribution is -2.46. The van der Waals surface area contributed by atoms with E-state index in [1.807, 2.05) is 19.2 Å². The molecular weight excluding hydrogens is 296 g/mol. The maximum absolute atomic E-state index is 12.5. The molecule has 1 saturated heterocycles. The van der Waals surface area contributed by atoms with Crippen LogP contribution in [0.2, 0.25) is 0 Å². The van der Waals surface area contributed by atoms with Gasteiger partial charge in [-0.05, 0) is 37.6 Å². The Hall–Kier alpha value is -0.620. The number of halogens is 1. The molecule has 20 heavy (non-hydrogen) atoms. The zero-order chi connectivity index (χ0) is 14.6. The lowest BCUT2D eigenvalue weighted by Gasteiger charge is -2.31. The highest BCUT2D eigenvalue weighted by Crippen LogP contribution is 2.18. The molecule has 0 radical (unpaired) electrons. The van der Waals surface area contributed by atoms with E-state index in [4.69, 9.17) is 11.6 Å². The van der Waals surface area contributed by atoms with Gasteiger partial charge in [-0.1, -0.05) is 12.1 Å². The summed E-state index contributed by atoms with van der Waals surface area (Å²) in [5.41, 5.74) is 1.13. The summed E-state index contributed by atoms with van der Waals surface area (Å²) in [5, 5.41) is 0. The summed E-state index contributed by atoms with van der Waals surface area (Å²) in [6.45, 7) is 2.69. The van der Waals surface area contributed by atoms with Crippen LogP contribution in [0.1, 0.15) is 12.0 Å². The van der Waals surface area contributed by atoms with E-state index in [1.54, 1.807) is 16.4 Å². The third-order valence-electron chi connectivity index (χ3n) is 3.62. The highest BCUT2D eigenvalue weighted by atomic mass is 35.5. The minimum atomic E-state index is -3.34. The number of likely N-dealkylation sites (N-methyl/N-ethyl adjacent to an activating group) is 1. The zero-order valence-electron chi connectivity index (χ0n) is 11.8. The summed E-state index contributed by atoms with van der Waals surface area (Å²) in [7, 11) is -1.33. The Labute approximate surface area is 126 Å². The molecule has 6 heteroatoms. The Bertz CT molecular complexity index is 523. The number of piperazine rings is 1. The first-order valence-corrected chi connectivity index (χ1v) is 8.85. The number of alkyl halides is 1. The smallest absolute Gasteiger partial charge is 0.243 e. The van der Waals surface area contributed by atoms with Gasteiger partial charge in [0.15, 0.2) is 0 Å². The van der Waals surface area contributed by atoms with E-state index in [-0.39, 0.29) is 0 Å². The zero-order valence-corrected chi connectivity index (χ0v) is 13.3. The van der Waals surface area contributed by atoms with Crippen molar-refractivity contribution < 1.29 is 8.42 Å². The van der Waals surface area contributed by atoms with E-state index in [0.29, 0.717) is 23.9 Å². The topological polar surface area (TPSA) is 40.6 Å². The predicted octanol–water partition coefficient (Wildman–Crippen LogP) is 1.79. The van der Waals surface area contributed by atoms with Crippen molar-refractivity contribution in [3.8, 4) is 0 Å². The van der Waals surface area contributed by atoms with E-state index in [0.717, 1.165) is 31.5 Å². The van der Waals surface area contributed by atoms with E-state index >= 15 is 0 Å². The second-order valence-electron chi connectivity index (χ2n) is 5.14. The van der Waals surface area contributed by atoms with E-state index in [9.17, 15) is 8.42 Å². The molecule has 1 aliphatic heterocycles. The molecule has 0 spiro atoms. The van der Waals surface area contributed by atoms with Gasteiger partial charge >= 0.3 is 0 Å². The van der Waals surface area contributed by atoms with Gasteiger partial charge in [-0.25, -0.2) is 8.42 Å². The van der Waals surface area contributed by atoms with Gasteiger partial charge in [-0.15, -0.1) is 11.6 Å². The largest absolute Gasteiger partial charge is 0.304 e. The standard InChI is InChI=1S/C14H21ClN2O2S/c1-16-9-11-17(12-10-16)20(18,19)14-6-4-13(5-7-14)3-2-8-15/h4-7H,2-3,8-12H2,1H3. The van der Waals surface area contributed by atoms with Gasteiger partial charge in [-0.2, -0.15) is 4.31 Å². The number of benzene rings is 1. The first-order chi connectivity index (χ1) is 9.54. The van der Waals surface area contributed by atoms with Crippen molar-refractivity contribution in [1.29, 1.82) is 0 Å². The van der Waals surface area contributed by atoms with Crippen molar-refractivity contribution in [3.05, 3.63) is 29.8 Å². The SMILES string of the molecule is CN1CCN(S(=O)(=O)c2ccc(CCCCl)cc2)CC1. The minimum absolute atomic E-state index is 0.386. The highest BCUT2D eigenvalue weighted by Gasteiger charge is 2.27. The summed E-state index contributed by atoms with van der Waals surface area (Å²) < 4.78 is 26.6. The molecule has 0 amide bonds. The number of nitrogens with zero attached hydrogens (tertiary/aromatic N) is 2. The van der Waals surface area contributed by atoms with E-state index in [1.165, 1.54) is 0 Å². The van der Waals surface area contributed by atoms with Crippen molar-refractivity contribution in [2.75, 3.05) is 39.1 Å². The maximum atomic E-state index is 12.5. The Balaban J connectivity index is 2.09. The van der Waals surface area contributed by atoms with Crippen LogP contribution < -0.4 is 0 Å². The second kappa shape index (κ2) is 6.89. The molecular formula is C14H21ClN2O2S. The molecule has 0 saturated carbocycles. The van der Waals surface area contributed by atoms with Crippen LogP contribution in [0.5, 0.6) is 0 Å². The third-order valence-corrected chi connectivity index (χ3v) is 5.80. The summed E-state index contributed by atoms with van der Waals surface area (Å²) >= 11 is 5.66. The molecule has 1 fully saturated rings. The molecule has 0 N–H and O–H groups in total. The molecule has 0 atom stereocenters. The van der Waals surface area contributed by atoms with E-state index < -0.39 is 10.0 Å². The number of rotatable bonds is 5. The van der Waals surface area contributed by atoms with Crippen molar-refractivity contribution in [2.45, 2.75) is 17.7 Å². The molecule has 1 heterocycles. The van der Waals surface area contributed by atoms with Crippen molar-refractivity contribution in [3.63, 3.8) is 0 Å². The first kappa shape index (κ1) is 15.8. The normalized spacial score (nSPS) is 18.3. The van der Waals surface area contributed by atoms with Gasteiger partial charge in [-0.3, -0.25) is 0 Å². The van der Waals surface area contributed by atoms with Crippen LogP contribution in [0.25, 0.3) is 0 Å². The van der Waals surface area contributed by atoms with Crippen LogP contribution in [0.4, 0.5) is 0 Å². The fourth-order valence-electron chi connectivity index (χ4n) is 2.28. The predicted molar refractivity (Wildman–Crippen MR) is 81.7 cm³/mol. The molecule has 1 aromatic carbocycles. The van der Waals surface area contributed by atoms with Gasteiger partial charge in [0.25, 0.3) is 0 Å². The number of sulfonamides is 1. The van der Waals surface area contributed by atoms with Gasteiger partial charge in [0.1, 0.15) is 0 Å². The Morgan fingerprint density at radius 2 is 1.70 bits per heavy atom. The fourth-order valence-corrected chi connectivity index (χ4v) is 3.83. The monoisotopic (exact) mass is 316 g/mol. The molecule has 0 aliphatic carbocycles. The van der Waals surface area contributed by atoms with Gasteiger partial charge in [0.2, 0.25) is 10.0 Å². The lowest BCUT2D eigenvalue weighted by molar-refractivity contribution is 0.222. The van der Waals surface area contributed by atoms with Crippen LogP contribution in [0.3, 0.4) is 0 Å². The summed E-state index contributed by atoms with van der Waals surface area (Å²) in [6.07, 6.45) is 1.80. The molecule has 4 nitrogen and oxygen atoms in total. The average molecular weight is 317 g/mol. The summed E-state index contributed by atoms with van der Waals surface area (Å²) in [4.78, 5) is 2.53. The molecule has 0 aromatic heterocycles. The Morgan fingerprint density at radius 3 is 2.25 bits per heavy atom. The number of hydrogen-bond donors (Lipinski definition) is 0. The van der Waals surface area contributed by atoms with Crippen LogP contribution in [0, 0.1) is 0 Å².